The van der Waals surface area contributed by atoms with E-state index in [-0.39, 0.29) is 17.9 Å². The molecule has 2 fully saturated rings. The molecule has 0 bridgehead atoms. The van der Waals surface area contributed by atoms with Gasteiger partial charge in [-0.3, -0.25) is 14.5 Å². The number of nitrogens with one attached hydrogen (secondary N) is 1. The average Bonchev–Trinajstić information content (AvgIpc) is 2.83. The molecule has 126 valence electrons. The van der Waals surface area contributed by atoms with Crippen molar-refractivity contribution in [3.63, 3.8) is 0 Å². The largest absolute Gasteiger partial charge is 0.326 e. The lowest BCUT2D eigenvalue weighted by molar-refractivity contribution is -0.124. The summed E-state index contributed by atoms with van der Waals surface area (Å²) < 4.78 is 0.648. The number of hydrogen-bond donors (Lipinski definition) is 1. The van der Waals surface area contributed by atoms with Gasteiger partial charge in [0.2, 0.25) is 5.91 Å². The maximum atomic E-state index is 12.8. The minimum atomic E-state index is -0.134. The van der Waals surface area contributed by atoms with Crippen molar-refractivity contribution < 1.29 is 9.59 Å². The number of benzene rings is 1. The zero-order valence-corrected chi connectivity index (χ0v) is 15.2. The Morgan fingerprint density at radius 1 is 1.29 bits per heavy atom. The zero-order valence-electron chi connectivity index (χ0n) is 13.6. The minimum Gasteiger partial charge on any atom is -0.326 e. The molecule has 0 unspecified atom stereocenters. The molecule has 0 atom stereocenters. The number of anilines is 1. The van der Waals surface area contributed by atoms with Crippen LogP contribution in [0.25, 0.3) is 6.08 Å². The fourth-order valence-corrected chi connectivity index (χ4v) is 4.59. The summed E-state index contributed by atoms with van der Waals surface area (Å²) in [5.41, 5.74) is 1.52. The van der Waals surface area contributed by atoms with E-state index in [4.69, 9.17) is 12.2 Å². The minimum absolute atomic E-state index is 0.00507. The standard InChI is InChI=1S/C18H20N2O2S2/c1-12(21)19-15-10-6-5-7-13(15)11-16-17(22)20(18(23)24-16)14-8-3-2-4-9-14/h5-7,10-11,14H,2-4,8-9H2,1H3,(H,19,21)/b16-11-. The van der Waals surface area contributed by atoms with Crippen LogP contribution in [0.1, 0.15) is 44.6 Å². The van der Waals surface area contributed by atoms with Crippen LogP contribution in [0, 0.1) is 0 Å². The van der Waals surface area contributed by atoms with Gasteiger partial charge in [-0.15, -0.1) is 0 Å². The Morgan fingerprint density at radius 2 is 2.00 bits per heavy atom. The van der Waals surface area contributed by atoms with Crippen molar-refractivity contribution in [3.05, 3.63) is 34.7 Å². The molecule has 2 amide bonds. The van der Waals surface area contributed by atoms with Crippen molar-refractivity contribution in [2.45, 2.75) is 45.1 Å². The molecule has 1 aromatic rings. The van der Waals surface area contributed by atoms with Crippen LogP contribution in [0.3, 0.4) is 0 Å². The molecule has 6 heteroatoms. The molecule has 3 rings (SSSR count). The summed E-state index contributed by atoms with van der Waals surface area (Å²) in [6, 6.07) is 7.70. The van der Waals surface area contributed by atoms with Crippen LogP contribution < -0.4 is 5.32 Å². The smallest absolute Gasteiger partial charge is 0.266 e. The van der Waals surface area contributed by atoms with Crippen LogP contribution in [0.5, 0.6) is 0 Å². The van der Waals surface area contributed by atoms with Gasteiger partial charge in [-0.1, -0.05) is 61.4 Å². The van der Waals surface area contributed by atoms with E-state index in [0.29, 0.717) is 14.9 Å². The monoisotopic (exact) mass is 360 g/mol. The van der Waals surface area contributed by atoms with Gasteiger partial charge in [0.1, 0.15) is 4.32 Å². The molecule has 1 heterocycles. The topological polar surface area (TPSA) is 49.4 Å². The SMILES string of the molecule is CC(=O)Nc1ccccc1/C=C1\SC(=S)N(C2CCCCC2)C1=O. The highest BCUT2D eigenvalue weighted by molar-refractivity contribution is 8.26. The molecule has 24 heavy (non-hydrogen) atoms. The van der Waals surface area contributed by atoms with E-state index in [0.717, 1.165) is 31.2 Å². The Morgan fingerprint density at radius 3 is 2.71 bits per heavy atom. The van der Waals surface area contributed by atoms with E-state index in [1.54, 1.807) is 4.90 Å². The van der Waals surface area contributed by atoms with Gasteiger partial charge in [0.15, 0.2) is 0 Å². The van der Waals surface area contributed by atoms with E-state index >= 15 is 0 Å². The van der Waals surface area contributed by atoms with Crippen LogP contribution in [-0.2, 0) is 9.59 Å². The van der Waals surface area contributed by atoms with E-state index in [2.05, 4.69) is 5.32 Å². The first kappa shape index (κ1) is 17.2. The second-order valence-corrected chi connectivity index (χ2v) is 7.79. The van der Waals surface area contributed by atoms with E-state index < -0.39 is 0 Å². The molecule has 4 nitrogen and oxygen atoms in total. The van der Waals surface area contributed by atoms with Crippen molar-refractivity contribution >= 4 is 51.9 Å². The van der Waals surface area contributed by atoms with Gasteiger partial charge < -0.3 is 5.32 Å². The first-order valence-electron chi connectivity index (χ1n) is 8.20. The highest BCUT2D eigenvalue weighted by Gasteiger charge is 2.37. The number of rotatable bonds is 3. The average molecular weight is 361 g/mol. The summed E-state index contributed by atoms with van der Waals surface area (Å²) in [4.78, 5) is 26.6. The predicted octanol–water partition coefficient (Wildman–Crippen LogP) is 4.18. The highest BCUT2D eigenvalue weighted by Crippen LogP contribution is 2.37. The fraction of sp³-hybridized carbons (Fsp3) is 0.389. The van der Waals surface area contributed by atoms with Crippen molar-refractivity contribution in [2.24, 2.45) is 0 Å². The van der Waals surface area contributed by atoms with Crippen LogP contribution in [0.15, 0.2) is 29.2 Å². The van der Waals surface area contributed by atoms with Crippen LogP contribution in [0.4, 0.5) is 5.69 Å². The molecule has 1 aromatic carbocycles. The molecule has 2 aliphatic rings. The third kappa shape index (κ3) is 3.70. The summed E-state index contributed by atoms with van der Waals surface area (Å²) >= 11 is 6.81. The van der Waals surface area contributed by atoms with Crippen molar-refractivity contribution in [3.8, 4) is 0 Å². The van der Waals surface area contributed by atoms with Crippen molar-refractivity contribution in [1.82, 2.24) is 4.90 Å². The van der Waals surface area contributed by atoms with Gasteiger partial charge in [0.25, 0.3) is 5.91 Å². The second kappa shape index (κ2) is 7.49. The van der Waals surface area contributed by atoms with Gasteiger partial charge in [-0.2, -0.15) is 0 Å². The number of carbonyl (C=O) groups excluding carboxylic acids is 2. The molecule has 1 saturated heterocycles. The van der Waals surface area contributed by atoms with Gasteiger partial charge in [0, 0.05) is 18.7 Å². The Bertz CT molecular complexity index is 709. The zero-order chi connectivity index (χ0) is 17.1. The Labute approximate surface area is 151 Å². The first-order valence-corrected chi connectivity index (χ1v) is 9.42. The molecule has 1 N–H and O–H groups in total. The number of thiocarbonyl (C=S) groups is 1. The van der Waals surface area contributed by atoms with Crippen molar-refractivity contribution in [1.29, 1.82) is 0 Å². The van der Waals surface area contributed by atoms with Crippen LogP contribution in [-0.4, -0.2) is 27.1 Å². The lowest BCUT2D eigenvalue weighted by atomic mass is 9.94. The summed E-state index contributed by atoms with van der Waals surface area (Å²) in [5.74, 6) is -0.139. The van der Waals surface area contributed by atoms with E-state index in [9.17, 15) is 9.59 Å². The Kier molecular flexibility index (Phi) is 5.36. The number of carbonyl (C=O) groups is 2. The van der Waals surface area contributed by atoms with Gasteiger partial charge in [-0.05, 0) is 30.5 Å². The Hall–Kier alpha value is -1.66. The van der Waals surface area contributed by atoms with E-state index in [1.807, 2.05) is 30.3 Å². The molecule has 0 spiro atoms. The van der Waals surface area contributed by atoms with Crippen LogP contribution in [0.2, 0.25) is 0 Å². The summed E-state index contributed by atoms with van der Waals surface area (Å²) in [5, 5.41) is 2.80. The Balaban J connectivity index is 1.85. The first-order chi connectivity index (χ1) is 11.6. The normalized spacial score (nSPS) is 20.7. The maximum absolute atomic E-state index is 12.8. The van der Waals surface area contributed by atoms with Gasteiger partial charge in [-0.25, -0.2) is 0 Å². The molecular formula is C18H20N2O2S2. The lowest BCUT2D eigenvalue weighted by Crippen LogP contribution is -2.39. The number of amides is 2. The number of para-hydroxylation sites is 1. The quantitative estimate of drug-likeness (QED) is 0.649. The third-order valence-electron chi connectivity index (χ3n) is 4.32. The molecule has 0 aromatic heterocycles. The lowest BCUT2D eigenvalue weighted by Gasteiger charge is -2.29. The van der Waals surface area contributed by atoms with Crippen LogP contribution >= 0.6 is 24.0 Å². The molecule has 0 radical (unpaired) electrons. The molecule has 1 aliphatic carbocycles. The summed E-state index contributed by atoms with van der Waals surface area (Å²) in [7, 11) is 0. The van der Waals surface area contributed by atoms with Gasteiger partial charge in [0.05, 0.1) is 4.91 Å². The third-order valence-corrected chi connectivity index (χ3v) is 5.65. The number of hydrogen-bond acceptors (Lipinski definition) is 4. The molecular weight excluding hydrogens is 340 g/mol. The van der Waals surface area contributed by atoms with Gasteiger partial charge >= 0.3 is 0 Å². The molecule has 1 saturated carbocycles. The number of thioether (sulfide) groups is 1. The maximum Gasteiger partial charge on any atom is 0.266 e. The summed E-state index contributed by atoms with van der Waals surface area (Å²) in [6.07, 6.45) is 7.45. The highest BCUT2D eigenvalue weighted by atomic mass is 32.2. The second-order valence-electron chi connectivity index (χ2n) is 6.11. The van der Waals surface area contributed by atoms with Crippen molar-refractivity contribution in [2.75, 3.05) is 5.32 Å². The predicted molar refractivity (Wildman–Crippen MR) is 103 cm³/mol. The van der Waals surface area contributed by atoms with E-state index in [1.165, 1.54) is 25.1 Å². The fourth-order valence-electron chi connectivity index (χ4n) is 3.20. The summed E-state index contributed by atoms with van der Waals surface area (Å²) in [6.45, 7) is 1.47. The number of nitrogens with zero attached hydrogens (tertiary/aromatic N) is 1. The molecule has 1 aliphatic heterocycles.